The van der Waals surface area contributed by atoms with Gasteiger partial charge in [0.05, 0.1) is 16.7 Å². The molecule has 3 rings (SSSR count). The lowest BCUT2D eigenvalue weighted by molar-refractivity contribution is -0.384. The number of non-ortho nitro benzene ring substituents is 1. The van der Waals surface area contributed by atoms with E-state index in [1.807, 2.05) is 0 Å². The van der Waals surface area contributed by atoms with E-state index in [2.05, 4.69) is 0 Å². The normalized spacial score (nSPS) is 13.9. The van der Waals surface area contributed by atoms with Gasteiger partial charge in [0.25, 0.3) is 11.2 Å². The number of rotatable bonds is 5. The summed E-state index contributed by atoms with van der Waals surface area (Å²) in [6, 6.07) is 6.23. The molecule has 120 valence electrons. The number of nitro groups is 1. The van der Waals surface area contributed by atoms with Crippen molar-refractivity contribution in [3.63, 3.8) is 0 Å². The molecule has 8 heteroatoms. The average molecular weight is 317 g/mol. The Morgan fingerprint density at radius 3 is 2.65 bits per heavy atom. The molecule has 8 nitrogen and oxygen atoms in total. The summed E-state index contributed by atoms with van der Waals surface area (Å²) in [5.74, 6) is 0.168. The minimum atomic E-state index is -0.726. The van der Waals surface area contributed by atoms with E-state index in [9.17, 15) is 24.8 Å². The molecule has 0 atom stereocenters. The highest BCUT2D eigenvalue weighted by molar-refractivity contribution is 5.43. The molecule has 1 saturated carbocycles. The topological polar surface area (TPSA) is 107 Å². The maximum Gasteiger partial charge on any atom is 0.338 e. The van der Waals surface area contributed by atoms with Crippen molar-refractivity contribution in [3.05, 3.63) is 61.3 Å². The zero-order chi connectivity index (χ0) is 16.6. The highest BCUT2D eigenvalue weighted by atomic mass is 16.6. The van der Waals surface area contributed by atoms with Crippen LogP contribution in [0.4, 0.5) is 5.69 Å². The van der Waals surface area contributed by atoms with Gasteiger partial charge in [0, 0.05) is 18.7 Å². The predicted molar refractivity (Wildman–Crippen MR) is 82.0 cm³/mol. The van der Waals surface area contributed by atoms with E-state index in [0.717, 1.165) is 40.5 Å². The zero-order valence-electron chi connectivity index (χ0n) is 12.2. The fourth-order valence-electron chi connectivity index (χ4n) is 2.48. The van der Waals surface area contributed by atoms with E-state index in [4.69, 9.17) is 0 Å². The highest BCUT2D eigenvalue weighted by Gasteiger charge is 2.22. The third-order valence-corrected chi connectivity index (χ3v) is 3.93. The van der Waals surface area contributed by atoms with Crippen LogP contribution in [-0.2, 0) is 6.54 Å². The molecule has 0 bridgehead atoms. The van der Waals surface area contributed by atoms with Crippen LogP contribution in [0.3, 0.4) is 0 Å². The molecular formula is C15H15N3O5. The summed E-state index contributed by atoms with van der Waals surface area (Å²) in [5.41, 5.74) is -1.53. The quantitative estimate of drug-likeness (QED) is 0.662. The zero-order valence-corrected chi connectivity index (χ0v) is 12.2. The van der Waals surface area contributed by atoms with Crippen LogP contribution in [0.15, 0.2) is 39.9 Å². The van der Waals surface area contributed by atoms with Gasteiger partial charge in [-0.2, -0.15) is 0 Å². The third-order valence-electron chi connectivity index (χ3n) is 3.93. The first-order valence-electron chi connectivity index (χ1n) is 7.28. The second-order valence-corrected chi connectivity index (χ2v) is 5.62. The summed E-state index contributed by atoms with van der Waals surface area (Å²) in [6.45, 7) is 0.310. The van der Waals surface area contributed by atoms with E-state index in [-0.39, 0.29) is 17.3 Å². The summed E-state index contributed by atoms with van der Waals surface area (Å²) in [4.78, 5) is 34.8. The first-order chi connectivity index (χ1) is 11.0. The predicted octanol–water partition coefficient (Wildman–Crippen LogP) is 1.41. The van der Waals surface area contributed by atoms with Crippen molar-refractivity contribution >= 4 is 5.69 Å². The van der Waals surface area contributed by atoms with Gasteiger partial charge in [0.2, 0.25) is 5.88 Å². The Hall–Kier alpha value is -2.90. The molecule has 23 heavy (non-hydrogen) atoms. The monoisotopic (exact) mass is 317 g/mol. The Labute approximate surface area is 130 Å². The molecule has 0 unspecified atom stereocenters. The standard InChI is InChI=1S/C15H15N3O5/c19-13-9-14(20)17(11-2-1-3-12(8-11)18(22)23)15(21)16(13)7-6-10-4-5-10/h1-3,8-10,19H,4-7H2. The fourth-order valence-corrected chi connectivity index (χ4v) is 2.48. The molecule has 1 N–H and O–H groups in total. The van der Waals surface area contributed by atoms with Crippen molar-refractivity contribution in [1.82, 2.24) is 9.13 Å². The maximum absolute atomic E-state index is 12.5. The first kappa shape index (κ1) is 15.0. The van der Waals surface area contributed by atoms with Gasteiger partial charge in [0.15, 0.2) is 0 Å². The van der Waals surface area contributed by atoms with Crippen LogP contribution in [0.1, 0.15) is 19.3 Å². The van der Waals surface area contributed by atoms with Crippen LogP contribution >= 0.6 is 0 Å². The maximum atomic E-state index is 12.5. The van der Waals surface area contributed by atoms with Crippen molar-refractivity contribution in [1.29, 1.82) is 0 Å². The molecule has 1 aliphatic rings. The van der Waals surface area contributed by atoms with Crippen LogP contribution in [0.25, 0.3) is 5.69 Å². The van der Waals surface area contributed by atoms with E-state index in [1.54, 1.807) is 0 Å². The summed E-state index contributed by atoms with van der Waals surface area (Å²) in [5, 5.41) is 20.7. The Balaban J connectivity index is 2.09. The third kappa shape index (κ3) is 3.01. The summed E-state index contributed by atoms with van der Waals surface area (Å²) < 4.78 is 1.96. The smallest absolute Gasteiger partial charge is 0.338 e. The Bertz CT molecular complexity index is 879. The Morgan fingerprint density at radius 2 is 2.00 bits per heavy atom. The molecule has 0 saturated heterocycles. The van der Waals surface area contributed by atoms with Crippen LogP contribution in [0.5, 0.6) is 5.88 Å². The number of hydrogen-bond donors (Lipinski definition) is 1. The van der Waals surface area contributed by atoms with Crippen LogP contribution < -0.4 is 11.2 Å². The molecule has 1 aromatic carbocycles. The molecule has 0 aliphatic heterocycles. The lowest BCUT2D eigenvalue weighted by Crippen LogP contribution is -2.38. The van der Waals surface area contributed by atoms with Crippen molar-refractivity contribution in [2.45, 2.75) is 25.8 Å². The molecule has 1 heterocycles. The molecule has 1 aromatic heterocycles. The fraction of sp³-hybridized carbons (Fsp3) is 0.333. The number of aromatic hydroxyl groups is 1. The number of hydrogen-bond acceptors (Lipinski definition) is 5. The number of aromatic nitrogens is 2. The SMILES string of the molecule is O=c1cc(O)n(CCC2CC2)c(=O)n1-c1cccc([N+](=O)[O-])c1. The number of nitro benzene ring substituents is 1. The van der Waals surface area contributed by atoms with Crippen molar-refractivity contribution in [2.75, 3.05) is 0 Å². The number of nitrogens with zero attached hydrogens (tertiary/aromatic N) is 3. The van der Waals surface area contributed by atoms with Gasteiger partial charge < -0.3 is 5.11 Å². The van der Waals surface area contributed by atoms with E-state index in [0.29, 0.717) is 12.5 Å². The molecule has 1 aliphatic carbocycles. The van der Waals surface area contributed by atoms with E-state index < -0.39 is 16.2 Å². The molecule has 0 amide bonds. The Kier molecular flexibility index (Phi) is 3.73. The minimum Gasteiger partial charge on any atom is -0.494 e. The van der Waals surface area contributed by atoms with Gasteiger partial charge in [-0.05, 0) is 18.4 Å². The van der Waals surface area contributed by atoms with Crippen LogP contribution in [0.2, 0.25) is 0 Å². The number of benzene rings is 1. The van der Waals surface area contributed by atoms with Crippen LogP contribution in [0, 0.1) is 16.0 Å². The molecule has 0 radical (unpaired) electrons. The van der Waals surface area contributed by atoms with E-state index >= 15 is 0 Å². The van der Waals surface area contributed by atoms with Gasteiger partial charge in [-0.25, -0.2) is 9.36 Å². The van der Waals surface area contributed by atoms with Crippen molar-refractivity contribution < 1.29 is 10.0 Å². The summed E-state index contributed by atoms with van der Waals surface area (Å²) >= 11 is 0. The summed E-state index contributed by atoms with van der Waals surface area (Å²) in [7, 11) is 0. The van der Waals surface area contributed by atoms with E-state index in [1.165, 1.54) is 18.2 Å². The lowest BCUT2D eigenvalue weighted by Gasteiger charge is -2.11. The summed E-state index contributed by atoms with van der Waals surface area (Å²) in [6.07, 6.45) is 2.97. The van der Waals surface area contributed by atoms with Crippen molar-refractivity contribution in [2.24, 2.45) is 5.92 Å². The molecule has 1 fully saturated rings. The van der Waals surface area contributed by atoms with Crippen LogP contribution in [-0.4, -0.2) is 19.2 Å². The first-order valence-corrected chi connectivity index (χ1v) is 7.28. The van der Waals surface area contributed by atoms with Gasteiger partial charge in [-0.3, -0.25) is 19.5 Å². The Morgan fingerprint density at radius 1 is 1.26 bits per heavy atom. The van der Waals surface area contributed by atoms with Crippen molar-refractivity contribution in [3.8, 4) is 11.6 Å². The second kappa shape index (κ2) is 5.71. The second-order valence-electron chi connectivity index (χ2n) is 5.62. The minimum absolute atomic E-state index is 0.106. The lowest BCUT2D eigenvalue weighted by atomic mass is 10.2. The molecule has 0 spiro atoms. The molecular weight excluding hydrogens is 302 g/mol. The highest BCUT2D eigenvalue weighted by Crippen LogP contribution is 2.32. The van der Waals surface area contributed by atoms with Gasteiger partial charge in [0.1, 0.15) is 0 Å². The van der Waals surface area contributed by atoms with Gasteiger partial charge >= 0.3 is 5.69 Å². The molecule has 2 aromatic rings. The largest absolute Gasteiger partial charge is 0.494 e. The average Bonchev–Trinajstić information content (AvgIpc) is 3.31. The van der Waals surface area contributed by atoms with Gasteiger partial charge in [-0.15, -0.1) is 0 Å². The van der Waals surface area contributed by atoms with Gasteiger partial charge in [-0.1, -0.05) is 18.9 Å².